The lowest BCUT2D eigenvalue weighted by Crippen LogP contribution is -2.19. The molecule has 1 amide bonds. The fraction of sp³-hybridized carbons (Fsp3) is 0.143. The summed E-state index contributed by atoms with van der Waals surface area (Å²) < 4.78 is 9.88. The molecule has 0 atom stereocenters. The predicted octanol–water partition coefficient (Wildman–Crippen LogP) is 1.89. The number of carbonyl (C=O) groups is 1. The van der Waals surface area contributed by atoms with Crippen LogP contribution in [0.3, 0.4) is 0 Å². The van der Waals surface area contributed by atoms with E-state index in [1.165, 1.54) is 18.3 Å². The third-order valence-electron chi connectivity index (χ3n) is 2.70. The second kappa shape index (κ2) is 7.02. The van der Waals surface area contributed by atoms with Crippen molar-refractivity contribution in [3.63, 3.8) is 0 Å². The summed E-state index contributed by atoms with van der Waals surface area (Å²) in [5.74, 6) is 0.187. The van der Waals surface area contributed by atoms with Gasteiger partial charge in [-0.15, -0.1) is 0 Å². The Hall–Kier alpha value is -3.16. The van der Waals surface area contributed by atoms with Crippen molar-refractivity contribution in [2.24, 2.45) is 5.10 Å². The van der Waals surface area contributed by atoms with Crippen molar-refractivity contribution in [1.82, 2.24) is 5.43 Å². The van der Waals surface area contributed by atoms with Crippen LogP contribution in [-0.4, -0.2) is 24.2 Å². The quantitative estimate of drug-likeness (QED) is 0.498. The highest BCUT2D eigenvalue weighted by Gasteiger charge is 2.10. The van der Waals surface area contributed by atoms with Gasteiger partial charge in [0.2, 0.25) is 5.91 Å². The molecule has 2 aromatic rings. The van der Waals surface area contributed by atoms with Gasteiger partial charge in [0.1, 0.15) is 10.7 Å². The van der Waals surface area contributed by atoms with E-state index >= 15 is 0 Å². The molecule has 2 rings (SSSR count). The van der Waals surface area contributed by atoms with Crippen molar-refractivity contribution in [3.8, 4) is 5.75 Å². The Bertz CT molecular complexity index is 691. The first kappa shape index (κ1) is 15.2. The molecule has 0 saturated carbocycles. The highest BCUT2D eigenvalue weighted by Crippen LogP contribution is 2.14. The first-order valence-electron chi connectivity index (χ1n) is 6.27. The summed E-state index contributed by atoms with van der Waals surface area (Å²) in [6.45, 7) is 0. The van der Waals surface area contributed by atoms with Crippen molar-refractivity contribution >= 4 is 18.0 Å². The van der Waals surface area contributed by atoms with Crippen LogP contribution < -0.4 is 10.2 Å². The van der Waals surface area contributed by atoms with Crippen LogP contribution in [0.2, 0.25) is 0 Å². The number of methoxy groups -OCH3 is 1. The van der Waals surface area contributed by atoms with Gasteiger partial charge in [0, 0.05) is 0 Å². The zero-order valence-corrected chi connectivity index (χ0v) is 11.7. The fourth-order valence-electron chi connectivity index (χ4n) is 1.65. The molecule has 1 aromatic carbocycles. The Kier molecular flexibility index (Phi) is 4.86. The van der Waals surface area contributed by atoms with E-state index in [0.29, 0.717) is 5.75 Å². The van der Waals surface area contributed by atoms with Crippen LogP contribution in [0.1, 0.15) is 11.3 Å². The summed E-state index contributed by atoms with van der Waals surface area (Å²) >= 11 is 0. The van der Waals surface area contributed by atoms with Gasteiger partial charge in [-0.3, -0.25) is 14.9 Å². The molecule has 8 nitrogen and oxygen atoms in total. The first-order valence-corrected chi connectivity index (χ1v) is 6.27. The average molecular weight is 303 g/mol. The molecule has 0 aliphatic heterocycles. The van der Waals surface area contributed by atoms with Gasteiger partial charge in [0.25, 0.3) is 0 Å². The predicted molar refractivity (Wildman–Crippen MR) is 77.8 cm³/mol. The number of hydrogen-bond donors (Lipinski definition) is 1. The van der Waals surface area contributed by atoms with Crippen LogP contribution in [0.15, 0.2) is 45.9 Å². The number of nitrogens with zero attached hydrogens (tertiary/aromatic N) is 2. The second-order valence-corrected chi connectivity index (χ2v) is 4.25. The standard InChI is InChI=1S/C14H13N3O5/c1-21-11-4-2-10(3-5-11)8-13(18)16-15-9-12-6-7-14(22-12)17(19)20/h2-7,9H,8H2,1H3,(H,16,18). The molecule has 0 unspecified atom stereocenters. The summed E-state index contributed by atoms with van der Waals surface area (Å²) in [4.78, 5) is 21.5. The maximum absolute atomic E-state index is 11.7. The average Bonchev–Trinajstić information content (AvgIpc) is 2.97. The van der Waals surface area contributed by atoms with E-state index in [1.807, 2.05) is 0 Å². The minimum absolute atomic E-state index is 0.152. The minimum Gasteiger partial charge on any atom is -0.497 e. The number of nitro groups is 1. The van der Waals surface area contributed by atoms with E-state index < -0.39 is 4.92 Å². The zero-order chi connectivity index (χ0) is 15.9. The molecule has 22 heavy (non-hydrogen) atoms. The van der Waals surface area contributed by atoms with E-state index in [4.69, 9.17) is 9.15 Å². The summed E-state index contributed by atoms with van der Waals surface area (Å²) in [6.07, 6.45) is 1.35. The molecular weight excluding hydrogens is 290 g/mol. The Morgan fingerprint density at radius 3 is 2.68 bits per heavy atom. The zero-order valence-electron chi connectivity index (χ0n) is 11.7. The molecular formula is C14H13N3O5. The van der Waals surface area contributed by atoms with Crippen LogP contribution in [0.4, 0.5) is 5.88 Å². The molecule has 1 N–H and O–H groups in total. The van der Waals surface area contributed by atoms with E-state index in [-0.39, 0.29) is 24.0 Å². The van der Waals surface area contributed by atoms with Crippen molar-refractivity contribution < 1.29 is 18.9 Å². The Balaban J connectivity index is 1.85. The molecule has 0 aliphatic rings. The number of hydrogen-bond acceptors (Lipinski definition) is 6. The number of ether oxygens (including phenoxy) is 1. The molecule has 0 aliphatic carbocycles. The van der Waals surface area contributed by atoms with Crippen molar-refractivity contribution in [2.75, 3.05) is 7.11 Å². The third-order valence-corrected chi connectivity index (χ3v) is 2.70. The van der Waals surface area contributed by atoms with Gasteiger partial charge in [-0.2, -0.15) is 5.10 Å². The van der Waals surface area contributed by atoms with Gasteiger partial charge in [0.15, 0.2) is 5.76 Å². The lowest BCUT2D eigenvalue weighted by atomic mass is 10.1. The molecule has 0 fully saturated rings. The van der Waals surface area contributed by atoms with Crippen LogP contribution in [0.5, 0.6) is 5.75 Å². The molecule has 1 aromatic heterocycles. The topological polar surface area (TPSA) is 107 Å². The van der Waals surface area contributed by atoms with Crippen LogP contribution in [0, 0.1) is 10.1 Å². The lowest BCUT2D eigenvalue weighted by molar-refractivity contribution is -0.402. The third kappa shape index (κ3) is 4.17. The lowest BCUT2D eigenvalue weighted by Gasteiger charge is -2.02. The van der Waals surface area contributed by atoms with Gasteiger partial charge in [-0.1, -0.05) is 12.1 Å². The maximum Gasteiger partial charge on any atom is 0.433 e. The van der Waals surface area contributed by atoms with Gasteiger partial charge in [-0.25, -0.2) is 5.43 Å². The van der Waals surface area contributed by atoms with E-state index in [0.717, 1.165) is 5.56 Å². The Morgan fingerprint density at radius 2 is 2.09 bits per heavy atom. The number of carbonyl (C=O) groups excluding carboxylic acids is 1. The van der Waals surface area contributed by atoms with Crippen LogP contribution in [0.25, 0.3) is 0 Å². The van der Waals surface area contributed by atoms with Gasteiger partial charge >= 0.3 is 5.88 Å². The van der Waals surface area contributed by atoms with Crippen molar-refractivity contribution in [2.45, 2.75) is 6.42 Å². The maximum atomic E-state index is 11.7. The van der Waals surface area contributed by atoms with E-state index in [9.17, 15) is 14.9 Å². The number of furan rings is 1. The SMILES string of the molecule is COc1ccc(CC(=O)NN=Cc2ccc([N+](=O)[O-])o2)cc1. The number of amides is 1. The molecule has 0 bridgehead atoms. The number of hydrazone groups is 1. The Labute approximate surface area is 125 Å². The number of rotatable bonds is 6. The smallest absolute Gasteiger partial charge is 0.433 e. The first-order chi connectivity index (χ1) is 10.6. The molecule has 0 spiro atoms. The fourth-order valence-corrected chi connectivity index (χ4v) is 1.65. The van der Waals surface area contributed by atoms with Gasteiger partial charge in [-0.05, 0) is 23.8 Å². The number of nitrogens with one attached hydrogen (secondary N) is 1. The summed E-state index contributed by atoms with van der Waals surface area (Å²) in [5, 5.41) is 14.1. The monoisotopic (exact) mass is 303 g/mol. The summed E-state index contributed by atoms with van der Waals surface area (Å²) in [5.41, 5.74) is 3.12. The Morgan fingerprint density at radius 1 is 1.36 bits per heavy atom. The van der Waals surface area contributed by atoms with Crippen LogP contribution >= 0.6 is 0 Å². The molecule has 0 saturated heterocycles. The van der Waals surface area contributed by atoms with Gasteiger partial charge in [0.05, 0.1) is 25.8 Å². The van der Waals surface area contributed by atoms with E-state index in [2.05, 4.69) is 10.5 Å². The van der Waals surface area contributed by atoms with Gasteiger partial charge < -0.3 is 9.15 Å². The van der Waals surface area contributed by atoms with Crippen molar-refractivity contribution in [3.05, 3.63) is 57.8 Å². The normalized spacial score (nSPS) is 10.6. The highest BCUT2D eigenvalue weighted by molar-refractivity contribution is 5.81. The molecule has 0 radical (unpaired) electrons. The molecule has 8 heteroatoms. The highest BCUT2D eigenvalue weighted by atomic mass is 16.6. The summed E-state index contributed by atoms with van der Waals surface area (Å²) in [7, 11) is 1.56. The van der Waals surface area contributed by atoms with Crippen LogP contribution in [-0.2, 0) is 11.2 Å². The summed E-state index contributed by atoms with van der Waals surface area (Å²) in [6, 6.07) is 9.66. The number of benzene rings is 1. The largest absolute Gasteiger partial charge is 0.497 e. The second-order valence-electron chi connectivity index (χ2n) is 4.25. The minimum atomic E-state index is -0.653. The van der Waals surface area contributed by atoms with Crippen molar-refractivity contribution in [1.29, 1.82) is 0 Å². The van der Waals surface area contributed by atoms with E-state index in [1.54, 1.807) is 31.4 Å². The molecule has 1 heterocycles. The molecule has 114 valence electrons.